The van der Waals surface area contributed by atoms with E-state index in [2.05, 4.69) is 29.0 Å². The van der Waals surface area contributed by atoms with Crippen molar-refractivity contribution in [1.82, 2.24) is 15.1 Å². The molecule has 1 N–H and O–H groups in total. The fraction of sp³-hybridized carbons (Fsp3) is 1.00. The summed E-state index contributed by atoms with van der Waals surface area (Å²) in [7, 11) is 2.04. The minimum Gasteiger partial charge on any atom is -0.379 e. The van der Waals surface area contributed by atoms with Crippen molar-refractivity contribution < 1.29 is 4.74 Å². The van der Waals surface area contributed by atoms with Crippen molar-refractivity contribution in [1.29, 1.82) is 0 Å². The Labute approximate surface area is 112 Å². The second-order valence-electron chi connectivity index (χ2n) is 6.52. The number of hydrogen-bond donors (Lipinski definition) is 1. The van der Waals surface area contributed by atoms with Gasteiger partial charge in [0.2, 0.25) is 0 Å². The lowest BCUT2D eigenvalue weighted by atomic mass is 9.93. The fourth-order valence-corrected chi connectivity index (χ4v) is 3.34. The van der Waals surface area contributed by atoms with Gasteiger partial charge in [-0.05, 0) is 25.4 Å². The topological polar surface area (TPSA) is 27.7 Å². The van der Waals surface area contributed by atoms with Crippen molar-refractivity contribution in [3.63, 3.8) is 0 Å². The summed E-state index contributed by atoms with van der Waals surface area (Å²) < 4.78 is 5.44. The van der Waals surface area contributed by atoms with Crippen LogP contribution in [0.3, 0.4) is 0 Å². The van der Waals surface area contributed by atoms with Gasteiger partial charge < -0.3 is 15.0 Å². The van der Waals surface area contributed by atoms with Gasteiger partial charge >= 0.3 is 0 Å². The lowest BCUT2D eigenvalue weighted by molar-refractivity contribution is 0.0178. The van der Waals surface area contributed by atoms with Crippen LogP contribution >= 0.6 is 0 Å². The summed E-state index contributed by atoms with van der Waals surface area (Å²) in [6.07, 6.45) is 1.33. The molecule has 0 bridgehead atoms. The first kappa shape index (κ1) is 14.3. The molecule has 0 amide bonds. The van der Waals surface area contributed by atoms with E-state index >= 15 is 0 Å². The first-order chi connectivity index (χ1) is 8.61. The maximum absolute atomic E-state index is 5.44. The molecule has 0 aromatic rings. The van der Waals surface area contributed by atoms with Crippen LogP contribution in [0.2, 0.25) is 0 Å². The van der Waals surface area contributed by atoms with E-state index in [1.165, 1.54) is 26.1 Å². The number of nitrogens with one attached hydrogen (secondary N) is 1. The highest BCUT2D eigenvalue weighted by atomic mass is 16.5. The van der Waals surface area contributed by atoms with Crippen LogP contribution in [0.15, 0.2) is 0 Å². The number of likely N-dealkylation sites (tertiary alicyclic amines) is 1. The maximum Gasteiger partial charge on any atom is 0.0594 e. The summed E-state index contributed by atoms with van der Waals surface area (Å²) in [6, 6.07) is 0.763. The minimum absolute atomic E-state index is 0.370. The van der Waals surface area contributed by atoms with E-state index in [0.29, 0.717) is 5.41 Å². The van der Waals surface area contributed by atoms with Crippen molar-refractivity contribution in [2.75, 3.05) is 59.5 Å². The van der Waals surface area contributed by atoms with E-state index in [-0.39, 0.29) is 0 Å². The number of nitrogens with zero attached hydrogens (tertiary/aromatic N) is 2. The molecule has 2 saturated heterocycles. The maximum atomic E-state index is 5.44. The van der Waals surface area contributed by atoms with Crippen molar-refractivity contribution in [3.8, 4) is 0 Å². The number of hydrogen-bond acceptors (Lipinski definition) is 4. The second-order valence-corrected chi connectivity index (χ2v) is 6.52. The molecule has 1 atom stereocenters. The van der Waals surface area contributed by atoms with Crippen LogP contribution in [-0.2, 0) is 4.74 Å². The molecule has 2 aliphatic rings. The van der Waals surface area contributed by atoms with Crippen molar-refractivity contribution >= 4 is 0 Å². The molecule has 18 heavy (non-hydrogen) atoms. The van der Waals surface area contributed by atoms with Gasteiger partial charge in [0.05, 0.1) is 13.2 Å². The molecule has 2 aliphatic heterocycles. The molecule has 106 valence electrons. The summed E-state index contributed by atoms with van der Waals surface area (Å²) >= 11 is 0. The van der Waals surface area contributed by atoms with Gasteiger partial charge in [0.1, 0.15) is 0 Å². The Bertz CT molecular complexity index is 251. The summed E-state index contributed by atoms with van der Waals surface area (Å²) in [5, 5.41) is 3.30. The van der Waals surface area contributed by atoms with E-state index in [1.54, 1.807) is 0 Å². The van der Waals surface area contributed by atoms with Gasteiger partial charge in [-0.25, -0.2) is 0 Å². The van der Waals surface area contributed by atoms with Crippen LogP contribution < -0.4 is 5.32 Å². The largest absolute Gasteiger partial charge is 0.379 e. The van der Waals surface area contributed by atoms with Crippen LogP contribution in [0.4, 0.5) is 0 Å². The monoisotopic (exact) mass is 255 g/mol. The predicted octanol–water partition coefficient (Wildman–Crippen LogP) is 0.639. The summed E-state index contributed by atoms with van der Waals surface area (Å²) in [5.41, 5.74) is 0.370. The Morgan fingerprint density at radius 3 is 2.61 bits per heavy atom. The quantitative estimate of drug-likeness (QED) is 0.780. The average Bonchev–Trinajstić information content (AvgIpc) is 2.77. The molecule has 0 aromatic carbocycles. The zero-order valence-electron chi connectivity index (χ0n) is 12.2. The van der Waals surface area contributed by atoms with Gasteiger partial charge in [-0.3, -0.25) is 4.90 Å². The third-order valence-corrected chi connectivity index (χ3v) is 4.12. The van der Waals surface area contributed by atoms with Crippen molar-refractivity contribution in [3.05, 3.63) is 0 Å². The molecule has 2 heterocycles. The molecule has 0 aliphatic carbocycles. The summed E-state index contributed by atoms with van der Waals surface area (Å²) in [4.78, 5) is 5.26. The molecule has 1 unspecified atom stereocenters. The zero-order valence-corrected chi connectivity index (χ0v) is 12.2. The van der Waals surface area contributed by atoms with Crippen LogP contribution in [-0.4, -0.2) is 75.4 Å². The molecule has 4 heteroatoms. The van der Waals surface area contributed by atoms with Crippen molar-refractivity contribution in [2.24, 2.45) is 5.41 Å². The first-order valence-electron chi connectivity index (χ1n) is 7.29. The molecule has 0 saturated carbocycles. The van der Waals surface area contributed by atoms with E-state index in [1.807, 2.05) is 7.05 Å². The standard InChI is InChI=1S/C14H29N3O/c1-14(2,11-15-3)12-16-5-4-13(10-16)17-6-8-18-9-7-17/h13,15H,4-12H2,1-3H3. The van der Waals surface area contributed by atoms with E-state index in [9.17, 15) is 0 Å². The Hall–Kier alpha value is -0.160. The Balaban J connectivity index is 1.77. The third-order valence-electron chi connectivity index (χ3n) is 4.12. The second kappa shape index (κ2) is 6.33. The summed E-state index contributed by atoms with van der Waals surface area (Å²) in [5.74, 6) is 0. The third kappa shape index (κ3) is 3.92. The molecule has 4 nitrogen and oxygen atoms in total. The van der Waals surface area contributed by atoms with E-state index in [0.717, 1.165) is 38.9 Å². The SMILES string of the molecule is CNCC(C)(C)CN1CCC(N2CCOCC2)C1. The van der Waals surface area contributed by atoms with Gasteiger partial charge in [0.15, 0.2) is 0 Å². The van der Waals surface area contributed by atoms with Gasteiger partial charge in [-0.15, -0.1) is 0 Å². The number of ether oxygens (including phenoxy) is 1. The van der Waals surface area contributed by atoms with Crippen LogP contribution in [0.1, 0.15) is 20.3 Å². The Morgan fingerprint density at radius 2 is 1.94 bits per heavy atom. The minimum atomic E-state index is 0.370. The van der Waals surface area contributed by atoms with Crippen LogP contribution in [0.5, 0.6) is 0 Å². The van der Waals surface area contributed by atoms with E-state index < -0.39 is 0 Å². The Morgan fingerprint density at radius 1 is 1.22 bits per heavy atom. The molecule has 0 aromatic heterocycles. The lowest BCUT2D eigenvalue weighted by Crippen LogP contribution is -2.45. The number of rotatable bonds is 5. The summed E-state index contributed by atoms with van der Waals surface area (Å²) in [6.45, 7) is 13.6. The molecule has 0 spiro atoms. The molecule has 0 radical (unpaired) electrons. The van der Waals surface area contributed by atoms with Gasteiger partial charge in [0.25, 0.3) is 0 Å². The highest BCUT2D eigenvalue weighted by Crippen LogP contribution is 2.22. The lowest BCUT2D eigenvalue weighted by Gasteiger charge is -2.33. The average molecular weight is 255 g/mol. The first-order valence-corrected chi connectivity index (χ1v) is 7.29. The highest BCUT2D eigenvalue weighted by molar-refractivity contribution is 4.87. The Kier molecular flexibility index (Phi) is 5.01. The van der Waals surface area contributed by atoms with Crippen molar-refractivity contribution in [2.45, 2.75) is 26.3 Å². The molecular formula is C14H29N3O. The zero-order chi connectivity index (χ0) is 13.0. The van der Waals surface area contributed by atoms with Gasteiger partial charge in [0, 0.05) is 38.8 Å². The van der Waals surface area contributed by atoms with Crippen LogP contribution in [0, 0.1) is 5.41 Å². The van der Waals surface area contributed by atoms with Gasteiger partial charge in [-0.1, -0.05) is 13.8 Å². The fourth-order valence-electron chi connectivity index (χ4n) is 3.34. The van der Waals surface area contributed by atoms with Crippen LogP contribution in [0.25, 0.3) is 0 Å². The van der Waals surface area contributed by atoms with Gasteiger partial charge in [-0.2, -0.15) is 0 Å². The smallest absolute Gasteiger partial charge is 0.0594 e. The normalized spacial score (nSPS) is 27.8. The molecular weight excluding hydrogens is 226 g/mol. The number of morpholine rings is 1. The van der Waals surface area contributed by atoms with E-state index in [4.69, 9.17) is 4.74 Å². The predicted molar refractivity (Wildman–Crippen MR) is 74.9 cm³/mol. The molecule has 2 rings (SSSR count). The highest BCUT2D eigenvalue weighted by Gasteiger charge is 2.31. The molecule has 2 fully saturated rings.